The fourth-order valence-electron chi connectivity index (χ4n) is 4.24. The van der Waals surface area contributed by atoms with E-state index in [1.807, 2.05) is 17.9 Å². The average Bonchev–Trinajstić information content (AvgIpc) is 3.24. The molecule has 4 rings (SSSR count). The van der Waals surface area contributed by atoms with Crippen LogP contribution >= 0.6 is 12.4 Å². The van der Waals surface area contributed by atoms with Crippen molar-refractivity contribution in [2.24, 2.45) is 5.73 Å². The van der Waals surface area contributed by atoms with Crippen LogP contribution < -0.4 is 5.73 Å². The van der Waals surface area contributed by atoms with Gasteiger partial charge < -0.3 is 10.6 Å². The monoisotopic (exact) mass is 392 g/mol. The van der Waals surface area contributed by atoms with E-state index in [4.69, 9.17) is 5.73 Å². The van der Waals surface area contributed by atoms with Gasteiger partial charge in [0.05, 0.1) is 0 Å². The molecule has 2 aromatic rings. The van der Waals surface area contributed by atoms with Crippen molar-refractivity contribution >= 4 is 18.3 Å². The van der Waals surface area contributed by atoms with Crippen LogP contribution in [0.25, 0.3) is 5.69 Å². The number of hydrogen-bond acceptors (Lipinski definition) is 3. The van der Waals surface area contributed by atoms with Gasteiger partial charge in [0.1, 0.15) is 11.5 Å². The first-order chi connectivity index (χ1) is 12.6. The quantitative estimate of drug-likeness (QED) is 0.872. The van der Waals surface area contributed by atoms with Crippen molar-refractivity contribution in [2.75, 3.05) is 13.1 Å². The Morgan fingerprint density at radius 2 is 2.11 bits per heavy atom. The third kappa shape index (κ3) is 3.48. The summed E-state index contributed by atoms with van der Waals surface area (Å²) in [6.45, 7) is 3.06. The first kappa shape index (κ1) is 19.8. The number of amides is 1. The Bertz CT molecular complexity index is 851. The molecule has 0 radical (unpaired) electrons. The summed E-state index contributed by atoms with van der Waals surface area (Å²) in [5.41, 5.74) is 9.60. The summed E-state index contributed by atoms with van der Waals surface area (Å²) in [4.78, 5) is 15.1. The van der Waals surface area contributed by atoms with Crippen molar-refractivity contribution < 1.29 is 9.18 Å². The molecule has 1 saturated heterocycles. The van der Waals surface area contributed by atoms with Crippen LogP contribution in [0.5, 0.6) is 0 Å². The van der Waals surface area contributed by atoms with Gasteiger partial charge in [0.15, 0.2) is 5.69 Å². The number of halogens is 2. The zero-order chi connectivity index (χ0) is 18.3. The lowest BCUT2D eigenvalue weighted by Crippen LogP contribution is -2.47. The second-order valence-electron chi connectivity index (χ2n) is 7.38. The molecule has 7 heteroatoms. The van der Waals surface area contributed by atoms with Crippen molar-refractivity contribution in [1.82, 2.24) is 14.7 Å². The van der Waals surface area contributed by atoms with Gasteiger partial charge in [-0.3, -0.25) is 4.79 Å². The molecule has 1 atom stereocenters. The summed E-state index contributed by atoms with van der Waals surface area (Å²) in [5.74, 6) is -0.358. The van der Waals surface area contributed by atoms with Gasteiger partial charge >= 0.3 is 0 Å². The van der Waals surface area contributed by atoms with Crippen LogP contribution in [0.1, 0.15) is 53.0 Å². The van der Waals surface area contributed by atoms with E-state index < -0.39 is 0 Å². The van der Waals surface area contributed by atoms with E-state index in [-0.39, 0.29) is 30.2 Å². The highest BCUT2D eigenvalue weighted by Crippen LogP contribution is 2.30. The third-order valence-corrected chi connectivity index (χ3v) is 5.62. The number of likely N-dealkylation sites (tertiary alicyclic amines) is 1. The van der Waals surface area contributed by atoms with E-state index in [0.29, 0.717) is 17.9 Å². The van der Waals surface area contributed by atoms with Crippen molar-refractivity contribution in [3.63, 3.8) is 0 Å². The normalized spacial score (nSPS) is 18.9. The summed E-state index contributed by atoms with van der Waals surface area (Å²) >= 11 is 0. The first-order valence-electron chi connectivity index (χ1n) is 9.48. The maximum atomic E-state index is 14.5. The molecular formula is C20H26ClFN4O. The smallest absolute Gasteiger partial charge is 0.274 e. The summed E-state index contributed by atoms with van der Waals surface area (Å²) in [5, 5.41) is 4.58. The molecule has 1 aromatic carbocycles. The zero-order valence-electron chi connectivity index (χ0n) is 15.6. The van der Waals surface area contributed by atoms with Crippen LogP contribution in [0.15, 0.2) is 18.2 Å². The number of benzene rings is 1. The lowest BCUT2D eigenvalue weighted by Gasteiger charge is -2.34. The van der Waals surface area contributed by atoms with E-state index in [0.717, 1.165) is 61.9 Å². The maximum Gasteiger partial charge on any atom is 0.274 e. The minimum absolute atomic E-state index is 0. The Balaban J connectivity index is 0.00000210. The topological polar surface area (TPSA) is 64.2 Å². The largest absolute Gasteiger partial charge is 0.333 e. The molecule has 1 amide bonds. The molecule has 1 aliphatic heterocycles. The minimum Gasteiger partial charge on any atom is -0.333 e. The number of nitrogens with zero attached hydrogens (tertiary/aromatic N) is 3. The molecule has 2 N–H and O–H groups in total. The maximum absolute atomic E-state index is 14.5. The Morgan fingerprint density at radius 1 is 1.30 bits per heavy atom. The van der Waals surface area contributed by atoms with Crippen LogP contribution in [0.3, 0.4) is 0 Å². The van der Waals surface area contributed by atoms with Crippen LogP contribution in [-0.2, 0) is 12.8 Å². The first-order valence-corrected chi connectivity index (χ1v) is 9.48. The second kappa shape index (κ2) is 7.98. The zero-order valence-corrected chi connectivity index (χ0v) is 16.4. The molecule has 27 heavy (non-hydrogen) atoms. The molecule has 0 spiro atoms. The summed E-state index contributed by atoms with van der Waals surface area (Å²) in [6, 6.07) is 5.20. The Morgan fingerprint density at radius 3 is 2.85 bits per heavy atom. The molecule has 1 aromatic heterocycles. The van der Waals surface area contributed by atoms with Crippen molar-refractivity contribution in [3.05, 3.63) is 46.5 Å². The second-order valence-corrected chi connectivity index (χ2v) is 7.38. The number of piperidine rings is 1. The van der Waals surface area contributed by atoms with Crippen LogP contribution in [0.2, 0.25) is 0 Å². The predicted octanol–water partition coefficient (Wildman–Crippen LogP) is 3.18. The lowest BCUT2D eigenvalue weighted by atomic mass is 10.0. The molecule has 1 unspecified atom stereocenters. The summed E-state index contributed by atoms with van der Waals surface area (Å²) < 4.78 is 16.2. The number of rotatable bonds is 3. The minimum atomic E-state index is -0.306. The molecule has 146 valence electrons. The van der Waals surface area contributed by atoms with Gasteiger partial charge in [-0.05, 0) is 63.1 Å². The summed E-state index contributed by atoms with van der Waals surface area (Å²) in [6.07, 6.45) is 5.66. The van der Waals surface area contributed by atoms with Gasteiger partial charge in [-0.1, -0.05) is 6.07 Å². The molecule has 5 nitrogen and oxygen atoms in total. The Labute approximate surface area is 165 Å². The van der Waals surface area contributed by atoms with Gasteiger partial charge in [-0.25, -0.2) is 9.07 Å². The number of fused-ring (bicyclic) bond motifs is 1. The van der Waals surface area contributed by atoms with Gasteiger partial charge in [-0.15, -0.1) is 12.4 Å². The lowest BCUT2D eigenvalue weighted by molar-refractivity contribution is 0.0615. The molecule has 0 saturated carbocycles. The average molecular weight is 393 g/mol. The van der Waals surface area contributed by atoms with E-state index in [9.17, 15) is 9.18 Å². The molecule has 2 aliphatic rings. The van der Waals surface area contributed by atoms with Gasteiger partial charge in [0, 0.05) is 30.4 Å². The fraction of sp³-hybridized carbons (Fsp3) is 0.500. The standard InChI is InChI=1S/C20H25FN4O.ClH/c1-13-8-9-18(16(21)11-13)25-17-7-4-6-15(17)19(23-25)20(26)24-10-3-2-5-14(24)12-22;/h8-9,11,14H,2-7,10,12,22H2,1H3;1H. The van der Waals surface area contributed by atoms with E-state index in [1.165, 1.54) is 6.07 Å². The molecule has 1 aliphatic carbocycles. The number of hydrogen-bond donors (Lipinski definition) is 1. The fourth-order valence-corrected chi connectivity index (χ4v) is 4.24. The van der Waals surface area contributed by atoms with E-state index in [2.05, 4.69) is 5.10 Å². The van der Waals surface area contributed by atoms with Gasteiger partial charge in [-0.2, -0.15) is 5.10 Å². The Hall–Kier alpha value is -1.92. The molecule has 1 fully saturated rings. The van der Waals surface area contributed by atoms with Crippen LogP contribution in [0.4, 0.5) is 4.39 Å². The molecular weight excluding hydrogens is 367 g/mol. The molecule has 2 heterocycles. The van der Waals surface area contributed by atoms with Crippen LogP contribution in [-0.4, -0.2) is 39.7 Å². The number of carbonyl (C=O) groups is 1. The van der Waals surface area contributed by atoms with Gasteiger partial charge in [0.2, 0.25) is 0 Å². The third-order valence-electron chi connectivity index (χ3n) is 5.62. The number of carbonyl (C=O) groups excluding carboxylic acids is 1. The highest BCUT2D eigenvalue weighted by molar-refractivity contribution is 5.94. The highest BCUT2D eigenvalue weighted by Gasteiger charge is 2.33. The van der Waals surface area contributed by atoms with E-state index in [1.54, 1.807) is 10.7 Å². The van der Waals surface area contributed by atoms with Crippen molar-refractivity contribution in [2.45, 2.75) is 51.5 Å². The number of aromatic nitrogens is 2. The SMILES string of the molecule is Cc1ccc(-n2nc(C(=O)N3CCCCC3CN)c3c2CCC3)c(F)c1.Cl. The van der Waals surface area contributed by atoms with Gasteiger partial charge in [0.25, 0.3) is 5.91 Å². The van der Waals surface area contributed by atoms with Crippen molar-refractivity contribution in [1.29, 1.82) is 0 Å². The van der Waals surface area contributed by atoms with Crippen molar-refractivity contribution in [3.8, 4) is 5.69 Å². The van der Waals surface area contributed by atoms with E-state index >= 15 is 0 Å². The molecule has 0 bridgehead atoms. The number of aryl methyl sites for hydroxylation is 1. The Kier molecular flexibility index (Phi) is 5.86. The summed E-state index contributed by atoms with van der Waals surface area (Å²) in [7, 11) is 0. The highest BCUT2D eigenvalue weighted by atomic mass is 35.5. The number of nitrogens with two attached hydrogens (primary N) is 1. The predicted molar refractivity (Wildman–Crippen MR) is 105 cm³/mol. The van der Waals surface area contributed by atoms with Crippen LogP contribution in [0, 0.1) is 12.7 Å².